The van der Waals surface area contributed by atoms with Crippen molar-refractivity contribution in [2.45, 2.75) is 52.0 Å². The third kappa shape index (κ3) is 3.24. The highest BCUT2D eigenvalue weighted by Gasteiger charge is 2.30. The molecule has 0 spiro atoms. The second-order valence-electron chi connectivity index (χ2n) is 7.08. The lowest BCUT2D eigenvalue weighted by Crippen LogP contribution is -2.41. The molecule has 2 heteroatoms. The summed E-state index contributed by atoms with van der Waals surface area (Å²) in [5, 5.41) is 0. The molecule has 2 N–H and O–H groups in total. The summed E-state index contributed by atoms with van der Waals surface area (Å²) in [5.41, 5.74) is 9.09. The number of likely N-dealkylation sites (tertiary alicyclic amines) is 1. The van der Waals surface area contributed by atoms with Crippen molar-refractivity contribution in [3.8, 4) is 0 Å². The van der Waals surface area contributed by atoms with Crippen LogP contribution in [-0.2, 0) is 5.41 Å². The molecule has 0 saturated carbocycles. The van der Waals surface area contributed by atoms with E-state index in [9.17, 15) is 0 Å². The van der Waals surface area contributed by atoms with E-state index in [-0.39, 0.29) is 5.41 Å². The zero-order valence-corrected chi connectivity index (χ0v) is 13.5. The Bertz CT molecular complexity index is 404. The summed E-state index contributed by atoms with van der Waals surface area (Å²) >= 11 is 0. The Balaban J connectivity index is 2.27. The third-order valence-corrected chi connectivity index (χ3v) is 4.69. The van der Waals surface area contributed by atoms with E-state index in [0.717, 1.165) is 13.1 Å². The van der Waals surface area contributed by atoms with Gasteiger partial charge in [0.2, 0.25) is 0 Å². The summed E-state index contributed by atoms with van der Waals surface area (Å²) in [5.74, 6) is 0.601. The zero-order valence-electron chi connectivity index (χ0n) is 13.5. The maximum absolute atomic E-state index is 6.02. The molecule has 1 fully saturated rings. The van der Waals surface area contributed by atoms with Crippen LogP contribution >= 0.6 is 0 Å². The van der Waals surface area contributed by atoms with Gasteiger partial charge in [-0.25, -0.2) is 0 Å². The van der Waals surface area contributed by atoms with Gasteiger partial charge in [0.1, 0.15) is 0 Å². The molecule has 2 unspecified atom stereocenters. The lowest BCUT2D eigenvalue weighted by Gasteiger charge is -2.41. The number of benzene rings is 1. The number of piperidine rings is 1. The van der Waals surface area contributed by atoms with Gasteiger partial charge in [-0.3, -0.25) is 4.90 Å². The second kappa shape index (κ2) is 6.28. The minimum Gasteiger partial charge on any atom is -0.330 e. The van der Waals surface area contributed by atoms with Crippen molar-refractivity contribution in [3.63, 3.8) is 0 Å². The fourth-order valence-electron chi connectivity index (χ4n) is 3.42. The molecular formula is C18H30N2. The summed E-state index contributed by atoms with van der Waals surface area (Å²) < 4.78 is 0. The molecule has 1 saturated heterocycles. The fourth-order valence-corrected chi connectivity index (χ4v) is 3.42. The van der Waals surface area contributed by atoms with E-state index in [1.54, 1.807) is 0 Å². The van der Waals surface area contributed by atoms with Gasteiger partial charge in [0.25, 0.3) is 0 Å². The van der Waals surface area contributed by atoms with Gasteiger partial charge >= 0.3 is 0 Å². The van der Waals surface area contributed by atoms with Gasteiger partial charge in [-0.1, -0.05) is 52.0 Å². The second-order valence-corrected chi connectivity index (χ2v) is 7.08. The van der Waals surface area contributed by atoms with Crippen LogP contribution in [0.2, 0.25) is 0 Å². The molecule has 1 heterocycles. The SMILES string of the molecule is CCN1CCCC(CN)C1c1ccc(C(C)(C)C)cc1. The molecule has 1 aromatic rings. The smallest absolute Gasteiger partial charge is 0.0388 e. The first-order valence-corrected chi connectivity index (χ1v) is 8.02. The standard InChI is InChI=1S/C18H30N2/c1-5-20-12-6-7-15(13-19)17(20)14-8-10-16(11-9-14)18(2,3)4/h8-11,15,17H,5-7,12-13,19H2,1-4H3. The molecule has 0 radical (unpaired) electrons. The molecule has 0 aliphatic carbocycles. The normalized spacial score (nSPS) is 24.9. The third-order valence-electron chi connectivity index (χ3n) is 4.69. The van der Waals surface area contributed by atoms with Crippen LogP contribution in [0.5, 0.6) is 0 Å². The molecule has 112 valence electrons. The topological polar surface area (TPSA) is 29.3 Å². The van der Waals surface area contributed by atoms with Gasteiger partial charge in [0, 0.05) is 6.04 Å². The Morgan fingerprint density at radius 2 is 1.85 bits per heavy atom. The van der Waals surface area contributed by atoms with Crippen LogP contribution in [0, 0.1) is 5.92 Å². The summed E-state index contributed by atoms with van der Waals surface area (Å²) in [4.78, 5) is 2.59. The first kappa shape index (κ1) is 15.5. The highest BCUT2D eigenvalue weighted by Crippen LogP contribution is 2.36. The van der Waals surface area contributed by atoms with Crippen LogP contribution in [0.15, 0.2) is 24.3 Å². The molecule has 2 atom stereocenters. The number of hydrogen-bond donors (Lipinski definition) is 1. The van der Waals surface area contributed by atoms with Gasteiger partial charge in [0.05, 0.1) is 0 Å². The van der Waals surface area contributed by atoms with E-state index in [0.29, 0.717) is 12.0 Å². The van der Waals surface area contributed by atoms with Crippen molar-refractivity contribution in [2.75, 3.05) is 19.6 Å². The van der Waals surface area contributed by atoms with E-state index in [1.165, 1.54) is 30.5 Å². The van der Waals surface area contributed by atoms with Crippen molar-refractivity contribution in [3.05, 3.63) is 35.4 Å². The van der Waals surface area contributed by atoms with E-state index < -0.39 is 0 Å². The van der Waals surface area contributed by atoms with Crippen molar-refractivity contribution in [1.29, 1.82) is 0 Å². The predicted molar refractivity (Wildman–Crippen MR) is 86.9 cm³/mol. The van der Waals surface area contributed by atoms with E-state index in [1.807, 2.05) is 0 Å². The Morgan fingerprint density at radius 3 is 2.35 bits per heavy atom. The van der Waals surface area contributed by atoms with Crippen molar-refractivity contribution in [2.24, 2.45) is 11.7 Å². The van der Waals surface area contributed by atoms with E-state index >= 15 is 0 Å². The van der Waals surface area contributed by atoms with Gasteiger partial charge < -0.3 is 5.73 Å². The molecule has 1 aromatic carbocycles. The zero-order chi connectivity index (χ0) is 14.8. The Kier molecular flexibility index (Phi) is 4.87. The number of hydrogen-bond acceptors (Lipinski definition) is 2. The highest BCUT2D eigenvalue weighted by atomic mass is 15.2. The van der Waals surface area contributed by atoms with E-state index in [4.69, 9.17) is 5.73 Å². The lowest BCUT2D eigenvalue weighted by atomic mass is 9.82. The first-order chi connectivity index (χ1) is 9.47. The summed E-state index contributed by atoms with van der Waals surface area (Å²) in [6.45, 7) is 12.2. The maximum atomic E-state index is 6.02. The van der Waals surface area contributed by atoms with Crippen LogP contribution in [0.25, 0.3) is 0 Å². The number of rotatable bonds is 3. The monoisotopic (exact) mass is 274 g/mol. The Hall–Kier alpha value is -0.860. The molecule has 0 aromatic heterocycles. The lowest BCUT2D eigenvalue weighted by molar-refractivity contribution is 0.102. The summed E-state index contributed by atoms with van der Waals surface area (Å²) in [6.07, 6.45) is 2.55. The maximum Gasteiger partial charge on any atom is 0.0388 e. The molecule has 0 bridgehead atoms. The van der Waals surface area contributed by atoms with Crippen LogP contribution in [0.1, 0.15) is 57.7 Å². The van der Waals surface area contributed by atoms with Crippen LogP contribution in [0.3, 0.4) is 0 Å². The molecule has 1 aliphatic rings. The minimum atomic E-state index is 0.225. The first-order valence-electron chi connectivity index (χ1n) is 8.02. The average molecular weight is 274 g/mol. The summed E-state index contributed by atoms with van der Waals surface area (Å²) in [6, 6.07) is 9.74. The predicted octanol–water partition coefficient (Wildman–Crippen LogP) is 3.72. The van der Waals surface area contributed by atoms with Gasteiger partial charge in [-0.2, -0.15) is 0 Å². The fraction of sp³-hybridized carbons (Fsp3) is 0.667. The Morgan fingerprint density at radius 1 is 1.20 bits per heavy atom. The molecule has 0 amide bonds. The number of nitrogens with zero attached hydrogens (tertiary/aromatic N) is 1. The average Bonchev–Trinajstić information content (AvgIpc) is 2.45. The molecule has 2 rings (SSSR count). The molecule has 20 heavy (non-hydrogen) atoms. The van der Waals surface area contributed by atoms with Gasteiger partial charge in [-0.15, -0.1) is 0 Å². The van der Waals surface area contributed by atoms with Crippen molar-refractivity contribution < 1.29 is 0 Å². The molecule has 2 nitrogen and oxygen atoms in total. The largest absolute Gasteiger partial charge is 0.330 e. The molecule has 1 aliphatic heterocycles. The van der Waals surface area contributed by atoms with Crippen molar-refractivity contribution >= 4 is 0 Å². The van der Waals surface area contributed by atoms with Crippen molar-refractivity contribution in [1.82, 2.24) is 4.90 Å². The van der Waals surface area contributed by atoms with Crippen LogP contribution in [0.4, 0.5) is 0 Å². The summed E-state index contributed by atoms with van der Waals surface area (Å²) in [7, 11) is 0. The minimum absolute atomic E-state index is 0.225. The van der Waals surface area contributed by atoms with Gasteiger partial charge in [0.15, 0.2) is 0 Å². The Labute approximate surface area is 124 Å². The van der Waals surface area contributed by atoms with Crippen LogP contribution < -0.4 is 5.73 Å². The molecular weight excluding hydrogens is 244 g/mol. The highest BCUT2D eigenvalue weighted by molar-refractivity contribution is 5.30. The van der Waals surface area contributed by atoms with E-state index in [2.05, 4.69) is 56.9 Å². The van der Waals surface area contributed by atoms with Crippen LogP contribution in [-0.4, -0.2) is 24.5 Å². The quantitative estimate of drug-likeness (QED) is 0.910. The van der Waals surface area contributed by atoms with Gasteiger partial charge in [-0.05, 0) is 54.9 Å². The number of nitrogens with two attached hydrogens (primary N) is 1.